The van der Waals surface area contributed by atoms with Crippen LogP contribution in [0.1, 0.15) is 41.9 Å². The van der Waals surface area contributed by atoms with Gasteiger partial charge < -0.3 is 14.1 Å². The molecule has 2 aromatic rings. The molecule has 1 aliphatic rings. The Labute approximate surface area is 131 Å². The zero-order valence-corrected chi connectivity index (χ0v) is 13.6. The molecule has 1 atom stereocenters. The molecule has 120 valence electrons. The van der Waals surface area contributed by atoms with Crippen LogP contribution in [0.2, 0.25) is 0 Å². The fourth-order valence-electron chi connectivity index (χ4n) is 3.38. The quantitative estimate of drug-likeness (QED) is 0.943. The smallest absolute Gasteiger partial charge is 0.137 e. The Morgan fingerprint density at radius 3 is 2.64 bits per heavy atom. The molecule has 1 unspecified atom stereocenters. The topological polar surface area (TPSA) is 54.4 Å². The van der Waals surface area contributed by atoms with Gasteiger partial charge in [0.15, 0.2) is 0 Å². The number of hydrogen-bond donors (Lipinski definition) is 1. The van der Waals surface area contributed by atoms with Crippen LogP contribution in [0.4, 0.5) is 0 Å². The average Bonchev–Trinajstić information content (AvgIpc) is 3.05. The van der Waals surface area contributed by atoms with Gasteiger partial charge in [-0.2, -0.15) is 0 Å². The van der Waals surface area contributed by atoms with E-state index in [1.807, 2.05) is 31.7 Å². The Morgan fingerprint density at radius 2 is 2.09 bits per heavy atom. The molecule has 1 fully saturated rings. The molecule has 5 nitrogen and oxygen atoms in total. The van der Waals surface area contributed by atoms with E-state index >= 15 is 0 Å². The van der Waals surface area contributed by atoms with Crippen LogP contribution in [0.3, 0.4) is 0 Å². The molecule has 0 aromatic carbocycles. The summed E-state index contributed by atoms with van der Waals surface area (Å²) in [6.45, 7) is 6.98. The highest BCUT2D eigenvalue weighted by Gasteiger charge is 2.28. The molecule has 0 saturated carbocycles. The fourth-order valence-corrected chi connectivity index (χ4v) is 3.38. The minimum absolute atomic E-state index is 0.296. The first-order valence-electron chi connectivity index (χ1n) is 7.98. The molecule has 3 heterocycles. The predicted octanol–water partition coefficient (Wildman–Crippen LogP) is 2.58. The summed E-state index contributed by atoms with van der Waals surface area (Å²) in [7, 11) is 1.94. The number of imidazole rings is 1. The number of furan rings is 1. The number of likely N-dealkylation sites (tertiary alicyclic amines) is 1. The van der Waals surface area contributed by atoms with E-state index in [0.717, 1.165) is 49.8 Å². The molecule has 0 amide bonds. The van der Waals surface area contributed by atoms with E-state index in [1.165, 1.54) is 5.56 Å². The number of aromatic nitrogens is 2. The van der Waals surface area contributed by atoms with Crippen molar-refractivity contribution in [2.24, 2.45) is 13.0 Å². The molecule has 5 heteroatoms. The highest BCUT2D eigenvalue weighted by molar-refractivity contribution is 5.20. The first kappa shape index (κ1) is 15.3. The second-order valence-electron chi connectivity index (χ2n) is 6.39. The molecule has 0 spiro atoms. The molecule has 2 aromatic heterocycles. The summed E-state index contributed by atoms with van der Waals surface area (Å²) in [5.41, 5.74) is 1.28. The van der Waals surface area contributed by atoms with Gasteiger partial charge in [0, 0.05) is 31.5 Å². The minimum Gasteiger partial charge on any atom is -0.466 e. The lowest BCUT2D eigenvalue weighted by molar-refractivity contribution is 0.0491. The lowest BCUT2D eigenvalue weighted by Gasteiger charge is -2.33. The molecule has 0 bridgehead atoms. The van der Waals surface area contributed by atoms with Crippen LogP contribution in [0.5, 0.6) is 0 Å². The Morgan fingerprint density at radius 1 is 1.36 bits per heavy atom. The van der Waals surface area contributed by atoms with Crippen molar-refractivity contribution < 1.29 is 9.52 Å². The summed E-state index contributed by atoms with van der Waals surface area (Å²) in [6.07, 6.45) is 5.18. The van der Waals surface area contributed by atoms with Crippen molar-refractivity contribution in [3.63, 3.8) is 0 Å². The maximum atomic E-state index is 10.5. The van der Waals surface area contributed by atoms with Crippen LogP contribution < -0.4 is 0 Å². The predicted molar refractivity (Wildman–Crippen MR) is 84.4 cm³/mol. The lowest BCUT2D eigenvalue weighted by Crippen LogP contribution is -2.35. The van der Waals surface area contributed by atoms with E-state index < -0.39 is 6.10 Å². The molecule has 1 N–H and O–H groups in total. The Bertz CT molecular complexity index is 624. The zero-order valence-electron chi connectivity index (χ0n) is 13.6. The van der Waals surface area contributed by atoms with Crippen molar-refractivity contribution in [2.75, 3.05) is 13.1 Å². The van der Waals surface area contributed by atoms with Crippen molar-refractivity contribution in [1.29, 1.82) is 0 Å². The third-order valence-electron chi connectivity index (χ3n) is 4.74. The minimum atomic E-state index is -0.458. The van der Waals surface area contributed by atoms with Crippen LogP contribution >= 0.6 is 0 Å². The van der Waals surface area contributed by atoms with E-state index in [9.17, 15) is 5.11 Å². The molecule has 22 heavy (non-hydrogen) atoms. The van der Waals surface area contributed by atoms with Gasteiger partial charge in [-0.1, -0.05) is 0 Å². The lowest BCUT2D eigenvalue weighted by atomic mass is 9.90. The van der Waals surface area contributed by atoms with Gasteiger partial charge in [-0.3, -0.25) is 4.90 Å². The second kappa shape index (κ2) is 6.26. The summed E-state index contributed by atoms with van der Waals surface area (Å²) < 4.78 is 7.51. The van der Waals surface area contributed by atoms with Crippen LogP contribution in [-0.4, -0.2) is 32.6 Å². The standard InChI is InChI=1S/C17H25N3O2/c1-12-10-15(13(2)22-12)11-20-7-4-14(5-8-20)16(21)17-18-6-9-19(17)3/h6,9-10,14,16,21H,4-5,7-8,11H2,1-3H3. The number of aryl methyl sites for hydroxylation is 3. The molecule has 0 aliphatic carbocycles. The second-order valence-corrected chi connectivity index (χ2v) is 6.39. The summed E-state index contributed by atoms with van der Waals surface area (Å²) in [5, 5.41) is 10.5. The maximum absolute atomic E-state index is 10.5. The number of aliphatic hydroxyl groups is 1. The van der Waals surface area contributed by atoms with Gasteiger partial charge in [0.1, 0.15) is 23.4 Å². The van der Waals surface area contributed by atoms with Crippen LogP contribution in [-0.2, 0) is 13.6 Å². The van der Waals surface area contributed by atoms with Crippen LogP contribution in [0.15, 0.2) is 22.9 Å². The number of nitrogens with zero attached hydrogens (tertiary/aromatic N) is 3. The first-order chi connectivity index (χ1) is 10.5. The van der Waals surface area contributed by atoms with Gasteiger partial charge in [0.2, 0.25) is 0 Å². The van der Waals surface area contributed by atoms with E-state index in [1.54, 1.807) is 6.20 Å². The van der Waals surface area contributed by atoms with Crippen molar-refractivity contribution in [3.05, 3.63) is 41.4 Å². The van der Waals surface area contributed by atoms with Gasteiger partial charge in [-0.05, 0) is 51.8 Å². The maximum Gasteiger partial charge on any atom is 0.137 e. The summed E-state index contributed by atoms with van der Waals surface area (Å²) in [6, 6.07) is 2.13. The normalized spacial score (nSPS) is 18.7. The zero-order chi connectivity index (χ0) is 15.7. The van der Waals surface area contributed by atoms with Gasteiger partial charge >= 0.3 is 0 Å². The average molecular weight is 303 g/mol. The Balaban J connectivity index is 1.56. The van der Waals surface area contributed by atoms with Crippen molar-refractivity contribution in [3.8, 4) is 0 Å². The third-order valence-corrected chi connectivity index (χ3v) is 4.74. The van der Waals surface area contributed by atoms with Gasteiger partial charge in [0.05, 0.1) is 0 Å². The molecule has 3 rings (SSSR count). The van der Waals surface area contributed by atoms with E-state index in [2.05, 4.69) is 16.0 Å². The number of piperidine rings is 1. The van der Waals surface area contributed by atoms with Crippen molar-refractivity contribution >= 4 is 0 Å². The Kier molecular flexibility index (Phi) is 4.36. The summed E-state index contributed by atoms with van der Waals surface area (Å²) in [5.74, 6) is 3.07. The Hall–Kier alpha value is -1.59. The third kappa shape index (κ3) is 3.10. The number of aliphatic hydroxyl groups excluding tert-OH is 1. The molecular formula is C17H25N3O2. The molecular weight excluding hydrogens is 278 g/mol. The van der Waals surface area contributed by atoms with Gasteiger partial charge in [-0.15, -0.1) is 0 Å². The van der Waals surface area contributed by atoms with Gasteiger partial charge in [-0.25, -0.2) is 4.98 Å². The number of hydrogen-bond acceptors (Lipinski definition) is 4. The molecule has 0 radical (unpaired) electrons. The summed E-state index contributed by atoms with van der Waals surface area (Å²) >= 11 is 0. The highest BCUT2D eigenvalue weighted by atomic mass is 16.3. The summed E-state index contributed by atoms with van der Waals surface area (Å²) in [4.78, 5) is 6.72. The SMILES string of the molecule is Cc1cc(CN2CCC(C(O)c3nccn3C)CC2)c(C)o1. The van der Waals surface area contributed by atoms with Crippen LogP contribution in [0, 0.1) is 19.8 Å². The van der Waals surface area contributed by atoms with E-state index in [0.29, 0.717) is 5.92 Å². The molecule has 1 saturated heterocycles. The molecule has 1 aliphatic heterocycles. The first-order valence-corrected chi connectivity index (χ1v) is 7.98. The number of rotatable bonds is 4. The highest BCUT2D eigenvalue weighted by Crippen LogP contribution is 2.30. The van der Waals surface area contributed by atoms with E-state index in [-0.39, 0.29) is 0 Å². The van der Waals surface area contributed by atoms with Crippen molar-refractivity contribution in [2.45, 2.75) is 39.3 Å². The van der Waals surface area contributed by atoms with Crippen molar-refractivity contribution in [1.82, 2.24) is 14.5 Å². The van der Waals surface area contributed by atoms with Gasteiger partial charge in [0.25, 0.3) is 0 Å². The fraction of sp³-hybridized carbons (Fsp3) is 0.588. The van der Waals surface area contributed by atoms with E-state index in [4.69, 9.17) is 4.42 Å². The van der Waals surface area contributed by atoms with Crippen LogP contribution in [0.25, 0.3) is 0 Å². The largest absolute Gasteiger partial charge is 0.466 e. The monoisotopic (exact) mass is 303 g/mol.